The standard InChI is InChI=1S/C15H11Cl3N2O5/c1-7-8(2)13(21)15(17,18)12(16)11(7)19-25-14(22)9-3-5-10(6-4-9)20(23)24/h3-6,12H,1-2H3. The van der Waals surface area contributed by atoms with E-state index in [4.69, 9.17) is 39.6 Å². The Morgan fingerprint density at radius 2 is 1.80 bits per heavy atom. The van der Waals surface area contributed by atoms with Gasteiger partial charge in [-0.15, -0.1) is 11.6 Å². The number of benzene rings is 1. The molecule has 0 heterocycles. The molecule has 25 heavy (non-hydrogen) atoms. The van der Waals surface area contributed by atoms with Crippen molar-refractivity contribution < 1.29 is 19.3 Å². The lowest BCUT2D eigenvalue weighted by atomic mass is 9.90. The van der Waals surface area contributed by atoms with Crippen LogP contribution in [-0.2, 0) is 9.63 Å². The van der Waals surface area contributed by atoms with Gasteiger partial charge in [0.15, 0.2) is 5.78 Å². The zero-order chi connectivity index (χ0) is 18.9. The molecule has 0 amide bonds. The Morgan fingerprint density at radius 3 is 2.32 bits per heavy atom. The molecule has 132 valence electrons. The maximum Gasteiger partial charge on any atom is 0.365 e. The van der Waals surface area contributed by atoms with Crippen molar-refractivity contribution in [2.45, 2.75) is 23.6 Å². The number of carbonyl (C=O) groups is 2. The van der Waals surface area contributed by atoms with Gasteiger partial charge in [-0.05, 0) is 31.6 Å². The number of nitro benzene ring substituents is 1. The summed E-state index contributed by atoms with van der Waals surface area (Å²) in [7, 11) is 0. The number of nitro groups is 1. The Kier molecular flexibility index (Phi) is 5.51. The Balaban J connectivity index is 2.26. The number of hydrogen-bond acceptors (Lipinski definition) is 6. The highest BCUT2D eigenvalue weighted by Gasteiger charge is 2.49. The van der Waals surface area contributed by atoms with Gasteiger partial charge in [-0.3, -0.25) is 14.9 Å². The molecule has 0 N–H and O–H groups in total. The van der Waals surface area contributed by atoms with Crippen molar-refractivity contribution in [2.75, 3.05) is 0 Å². The average Bonchev–Trinajstić information content (AvgIpc) is 2.58. The fraction of sp³-hybridized carbons (Fsp3) is 0.267. The minimum absolute atomic E-state index is 0.0503. The summed E-state index contributed by atoms with van der Waals surface area (Å²) in [5.41, 5.74) is 0.594. The van der Waals surface area contributed by atoms with Gasteiger partial charge in [0, 0.05) is 17.7 Å². The van der Waals surface area contributed by atoms with E-state index in [1.54, 1.807) is 6.92 Å². The molecular weight excluding hydrogens is 395 g/mol. The quantitative estimate of drug-likeness (QED) is 0.329. The molecule has 0 saturated carbocycles. The van der Waals surface area contributed by atoms with Crippen molar-refractivity contribution >= 4 is 58.0 Å². The van der Waals surface area contributed by atoms with Crippen molar-refractivity contribution in [2.24, 2.45) is 5.16 Å². The van der Waals surface area contributed by atoms with Crippen LogP contribution < -0.4 is 0 Å². The predicted octanol–water partition coefficient (Wildman–Crippen LogP) is 3.81. The number of halogens is 3. The second kappa shape index (κ2) is 7.11. The lowest BCUT2D eigenvalue weighted by molar-refractivity contribution is -0.384. The van der Waals surface area contributed by atoms with Crippen LogP contribution in [0.2, 0.25) is 0 Å². The molecule has 1 aromatic rings. The Labute approximate surface area is 157 Å². The molecule has 7 nitrogen and oxygen atoms in total. The van der Waals surface area contributed by atoms with Gasteiger partial charge in [0.05, 0.1) is 10.5 Å². The van der Waals surface area contributed by atoms with Crippen molar-refractivity contribution in [3.05, 3.63) is 51.1 Å². The first-order valence-electron chi connectivity index (χ1n) is 6.85. The maximum absolute atomic E-state index is 12.0. The topological polar surface area (TPSA) is 98.9 Å². The van der Waals surface area contributed by atoms with Crippen molar-refractivity contribution in [3.63, 3.8) is 0 Å². The molecule has 0 aliphatic heterocycles. The Hall–Kier alpha value is -1.96. The van der Waals surface area contributed by atoms with Crippen LogP contribution in [0.5, 0.6) is 0 Å². The summed E-state index contributed by atoms with van der Waals surface area (Å²) in [6.45, 7) is 3.08. The van der Waals surface area contributed by atoms with Crippen LogP contribution in [0.4, 0.5) is 5.69 Å². The van der Waals surface area contributed by atoms with E-state index in [9.17, 15) is 19.7 Å². The molecule has 0 fully saturated rings. The molecule has 1 aromatic carbocycles. The van der Waals surface area contributed by atoms with E-state index in [2.05, 4.69) is 5.16 Å². The summed E-state index contributed by atoms with van der Waals surface area (Å²) >= 11 is 18.0. The summed E-state index contributed by atoms with van der Waals surface area (Å²) in [5.74, 6) is -1.41. The van der Waals surface area contributed by atoms with Crippen LogP contribution in [0.1, 0.15) is 24.2 Å². The molecule has 0 bridgehead atoms. The van der Waals surface area contributed by atoms with Gasteiger partial charge in [0.2, 0.25) is 4.33 Å². The molecule has 1 aliphatic rings. The van der Waals surface area contributed by atoms with Gasteiger partial charge in [-0.25, -0.2) is 4.79 Å². The number of oxime groups is 1. The van der Waals surface area contributed by atoms with Gasteiger partial charge < -0.3 is 4.84 Å². The van der Waals surface area contributed by atoms with Crippen molar-refractivity contribution in [1.82, 2.24) is 0 Å². The fourth-order valence-electron chi connectivity index (χ4n) is 2.07. The molecule has 2 rings (SSSR count). The van der Waals surface area contributed by atoms with E-state index in [1.807, 2.05) is 0 Å². The number of hydrogen-bond donors (Lipinski definition) is 0. The maximum atomic E-state index is 12.0. The number of ketones is 1. The molecule has 0 saturated heterocycles. The van der Waals surface area contributed by atoms with Crippen LogP contribution in [0, 0.1) is 10.1 Å². The molecular formula is C15H11Cl3N2O5. The van der Waals surface area contributed by atoms with Gasteiger partial charge in [0.25, 0.3) is 5.69 Å². The van der Waals surface area contributed by atoms with Crippen molar-refractivity contribution in [1.29, 1.82) is 0 Å². The normalized spacial score (nSPS) is 21.4. The third-order valence-electron chi connectivity index (χ3n) is 3.69. The molecule has 10 heteroatoms. The van der Waals surface area contributed by atoms with E-state index in [0.717, 1.165) is 12.1 Å². The van der Waals surface area contributed by atoms with Crippen LogP contribution >= 0.6 is 34.8 Å². The molecule has 1 unspecified atom stereocenters. The van der Waals surface area contributed by atoms with Crippen LogP contribution in [0.15, 0.2) is 40.6 Å². The minimum Gasteiger partial charge on any atom is -0.312 e. The minimum atomic E-state index is -1.93. The second-order valence-corrected chi connectivity index (χ2v) is 7.05. The highest BCUT2D eigenvalue weighted by molar-refractivity contribution is 6.67. The van der Waals surface area contributed by atoms with Gasteiger partial charge >= 0.3 is 5.97 Å². The lowest BCUT2D eigenvalue weighted by Gasteiger charge is -2.30. The Bertz CT molecular complexity index is 815. The van der Waals surface area contributed by atoms with E-state index in [0.29, 0.717) is 5.57 Å². The number of non-ortho nitro benzene ring substituents is 1. The first-order chi connectivity index (χ1) is 11.6. The van der Waals surface area contributed by atoms with Crippen LogP contribution in [-0.4, -0.2) is 32.1 Å². The molecule has 1 atom stereocenters. The van der Waals surface area contributed by atoms with E-state index in [1.165, 1.54) is 19.1 Å². The lowest BCUT2D eigenvalue weighted by Crippen LogP contribution is -2.46. The first kappa shape index (κ1) is 19.4. The molecule has 0 spiro atoms. The number of alkyl halides is 3. The second-order valence-electron chi connectivity index (χ2n) is 5.22. The first-order valence-corrected chi connectivity index (χ1v) is 8.04. The average molecular weight is 406 g/mol. The summed E-state index contributed by atoms with van der Waals surface area (Å²) in [5, 5.41) is 13.1. The van der Waals surface area contributed by atoms with Gasteiger partial charge in [0.1, 0.15) is 11.1 Å². The molecule has 0 aromatic heterocycles. The van der Waals surface area contributed by atoms with Crippen molar-refractivity contribution in [3.8, 4) is 0 Å². The smallest absolute Gasteiger partial charge is 0.312 e. The monoisotopic (exact) mass is 404 g/mol. The molecule has 1 aliphatic carbocycles. The van der Waals surface area contributed by atoms with Crippen LogP contribution in [0.25, 0.3) is 0 Å². The third kappa shape index (κ3) is 3.68. The summed E-state index contributed by atoms with van der Waals surface area (Å²) in [6.07, 6.45) is 0. The highest BCUT2D eigenvalue weighted by Crippen LogP contribution is 2.40. The molecule has 0 radical (unpaired) electrons. The number of Topliss-reactive ketones (excluding diaryl/α,β-unsaturated/α-hetero) is 1. The number of carbonyl (C=O) groups excluding carboxylic acids is 2. The number of allylic oxidation sites excluding steroid dienone is 2. The van der Waals surface area contributed by atoms with Crippen LogP contribution in [0.3, 0.4) is 0 Å². The van der Waals surface area contributed by atoms with E-state index < -0.39 is 26.4 Å². The predicted molar refractivity (Wildman–Crippen MR) is 93.4 cm³/mol. The van der Waals surface area contributed by atoms with E-state index in [-0.39, 0.29) is 22.5 Å². The summed E-state index contributed by atoms with van der Waals surface area (Å²) in [6, 6.07) is 4.77. The number of nitrogens with zero attached hydrogens (tertiary/aromatic N) is 2. The fourth-order valence-corrected chi connectivity index (χ4v) is 2.86. The summed E-state index contributed by atoms with van der Waals surface area (Å²) < 4.78 is -1.93. The number of rotatable bonds is 3. The van der Waals surface area contributed by atoms with E-state index >= 15 is 0 Å². The zero-order valence-electron chi connectivity index (χ0n) is 13.0. The Morgan fingerprint density at radius 1 is 1.24 bits per heavy atom. The summed E-state index contributed by atoms with van der Waals surface area (Å²) in [4.78, 5) is 38.9. The van der Waals surface area contributed by atoms with Gasteiger partial charge in [-0.1, -0.05) is 28.4 Å². The SMILES string of the molecule is CC1=C(C)C(=NOC(=O)c2ccc([N+](=O)[O-])cc2)C(Cl)C(Cl)(Cl)C1=O. The highest BCUT2D eigenvalue weighted by atomic mass is 35.5. The van der Waals surface area contributed by atoms with Gasteiger partial charge in [-0.2, -0.15) is 0 Å². The third-order valence-corrected chi connectivity index (χ3v) is 5.23. The zero-order valence-corrected chi connectivity index (χ0v) is 15.2. The largest absolute Gasteiger partial charge is 0.365 e.